The quantitative estimate of drug-likeness (QED) is 0.775. The van der Waals surface area contributed by atoms with Crippen LogP contribution in [0.3, 0.4) is 0 Å². The summed E-state index contributed by atoms with van der Waals surface area (Å²) >= 11 is 0. The van der Waals surface area contributed by atoms with Gasteiger partial charge in [-0.1, -0.05) is 18.2 Å². The van der Waals surface area contributed by atoms with Gasteiger partial charge in [-0.05, 0) is 6.07 Å². The van der Waals surface area contributed by atoms with Gasteiger partial charge in [-0.2, -0.15) is 5.10 Å². The van der Waals surface area contributed by atoms with Crippen LogP contribution in [0.15, 0.2) is 30.6 Å². The van der Waals surface area contributed by atoms with Gasteiger partial charge in [0.1, 0.15) is 12.1 Å². The van der Waals surface area contributed by atoms with Gasteiger partial charge in [0.15, 0.2) is 0 Å². The minimum Gasteiger partial charge on any atom is -0.350 e. The minimum absolute atomic E-state index is 0.223. The van der Waals surface area contributed by atoms with Gasteiger partial charge in [0, 0.05) is 12.1 Å². The van der Waals surface area contributed by atoms with Crippen LogP contribution in [0.2, 0.25) is 0 Å². The smallest absolute Gasteiger partial charge is 0.218 e. The third kappa shape index (κ3) is 1.87. The molecule has 0 fully saturated rings. The summed E-state index contributed by atoms with van der Waals surface area (Å²) < 4.78 is 13.1. The van der Waals surface area contributed by atoms with E-state index < -0.39 is 0 Å². The molecule has 0 radical (unpaired) electrons. The first-order valence-electron chi connectivity index (χ1n) is 4.19. The van der Waals surface area contributed by atoms with E-state index in [0.717, 1.165) is 0 Å². The van der Waals surface area contributed by atoms with E-state index in [9.17, 15) is 4.39 Å². The molecular formula is C9H9FN4. The van der Waals surface area contributed by atoms with Crippen LogP contribution in [0.25, 0.3) is 0 Å². The van der Waals surface area contributed by atoms with Gasteiger partial charge in [-0.25, -0.2) is 14.5 Å². The highest BCUT2D eigenvalue weighted by Crippen LogP contribution is 2.07. The van der Waals surface area contributed by atoms with E-state index in [-0.39, 0.29) is 5.82 Å². The number of hydrogen-bond acceptors (Lipinski definition) is 3. The summed E-state index contributed by atoms with van der Waals surface area (Å²) in [7, 11) is 0. The fourth-order valence-electron chi connectivity index (χ4n) is 1.11. The monoisotopic (exact) mass is 192 g/mol. The summed E-state index contributed by atoms with van der Waals surface area (Å²) in [5, 5.41) is 9.21. The first kappa shape index (κ1) is 8.68. The maximum atomic E-state index is 13.1. The predicted molar refractivity (Wildman–Crippen MR) is 50.1 cm³/mol. The van der Waals surface area contributed by atoms with Crippen molar-refractivity contribution >= 4 is 5.95 Å². The molecule has 0 bridgehead atoms. The van der Waals surface area contributed by atoms with E-state index in [0.29, 0.717) is 18.1 Å². The van der Waals surface area contributed by atoms with Crippen molar-refractivity contribution < 1.29 is 4.39 Å². The summed E-state index contributed by atoms with van der Waals surface area (Å²) in [6.07, 6.45) is 1.39. The van der Waals surface area contributed by atoms with Crippen LogP contribution in [-0.4, -0.2) is 15.2 Å². The molecular weight excluding hydrogens is 183 g/mol. The molecule has 0 atom stereocenters. The SMILES string of the molecule is Fc1ccccc1CNc1ncn[nH]1. The molecule has 0 spiro atoms. The first-order chi connectivity index (χ1) is 6.86. The Morgan fingerprint density at radius 2 is 2.21 bits per heavy atom. The Morgan fingerprint density at radius 1 is 1.36 bits per heavy atom. The Balaban J connectivity index is 2.02. The van der Waals surface area contributed by atoms with Crippen molar-refractivity contribution in [2.45, 2.75) is 6.54 Å². The fraction of sp³-hybridized carbons (Fsp3) is 0.111. The van der Waals surface area contributed by atoms with Gasteiger partial charge < -0.3 is 5.32 Å². The molecule has 5 heteroatoms. The normalized spacial score (nSPS) is 10.1. The van der Waals surface area contributed by atoms with Gasteiger partial charge in [0.2, 0.25) is 5.95 Å². The molecule has 1 aromatic carbocycles. The molecule has 14 heavy (non-hydrogen) atoms. The number of hydrogen-bond donors (Lipinski definition) is 2. The number of aromatic nitrogens is 3. The number of halogens is 1. The highest BCUT2D eigenvalue weighted by Gasteiger charge is 2.00. The zero-order chi connectivity index (χ0) is 9.80. The molecule has 0 saturated heterocycles. The minimum atomic E-state index is -0.223. The lowest BCUT2D eigenvalue weighted by atomic mass is 10.2. The van der Waals surface area contributed by atoms with Crippen LogP contribution < -0.4 is 5.32 Å². The van der Waals surface area contributed by atoms with E-state index in [1.54, 1.807) is 18.2 Å². The summed E-state index contributed by atoms with van der Waals surface area (Å²) in [4.78, 5) is 3.86. The molecule has 1 heterocycles. The third-order valence-electron chi connectivity index (χ3n) is 1.82. The molecule has 4 nitrogen and oxygen atoms in total. The van der Waals surface area contributed by atoms with Gasteiger partial charge in [0.05, 0.1) is 0 Å². The average molecular weight is 192 g/mol. The lowest BCUT2D eigenvalue weighted by Gasteiger charge is -2.03. The van der Waals surface area contributed by atoms with Crippen molar-refractivity contribution in [2.75, 3.05) is 5.32 Å². The number of H-pyrrole nitrogens is 1. The van der Waals surface area contributed by atoms with Crippen molar-refractivity contribution in [2.24, 2.45) is 0 Å². The number of aromatic amines is 1. The zero-order valence-electron chi connectivity index (χ0n) is 7.37. The zero-order valence-corrected chi connectivity index (χ0v) is 7.37. The van der Waals surface area contributed by atoms with Crippen LogP contribution in [-0.2, 0) is 6.54 Å². The number of benzene rings is 1. The van der Waals surface area contributed by atoms with Crippen molar-refractivity contribution in [1.82, 2.24) is 15.2 Å². The molecule has 0 amide bonds. The standard InChI is InChI=1S/C9H9FN4/c10-8-4-2-1-3-7(8)5-11-9-12-6-13-14-9/h1-4,6H,5H2,(H2,11,12,13,14). The molecule has 72 valence electrons. The second-order valence-corrected chi connectivity index (χ2v) is 2.78. The van der Waals surface area contributed by atoms with E-state index in [1.165, 1.54) is 12.4 Å². The largest absolute Gasteiger partial charge is 0.350 e. The van der Waals surface area contributed by atoms with Gasteiger partial charge in [-0.3, -0.25) is 0 Å². The van der Waals surface area contributed by atoms with Crippen LogP contribution in [0.5, 0.6) is 0 Å². The van der Waals surface area contributed by atoms with E-state index in [4.69, 9.17) is 0 Å². The molecule has 2 N–H and O–H groups in total. The first-order valence-corrected chi connectivity index (χ1v) is 4.19. The number of nitrogens with zero attached hydrogens (tertiary/aromatic N) is 2. The van der Waals surface area contributed by atoms with E-state index in [2.05, 4.69) is 20.5 Å². The fourth-order valence-corrected chi connectivity index (χ4v) is 1.11. The number of rotatable bonds is 3. The molecule has 0 aliphatic rings. The predicted octanol–water partition coefficient (Wildman–Crippen LogP) is 1.56. The highest BCUT2D eigenvalue weighted by molar-refractivity contribution is 5.26. The van der Waals surface area contributed by atoms with Crippen molar-refractivity contribution in [3.05, 3.63) is 42.0 Å². The Bertz CT molecular complexity index is 399. The van der Waals surface area contributed by atoms with Crippen molar-refractivity contribution in [3.8, 4) is 0 Å². The van der Waals surface area contributed by atoms with Crippen LogP contribution >= 0.6 is 0 Å². The maximum Gasteiger partial charge on any atom is 0.218 e. The number of anilines is 1. The lowest BCUT2D eigenvalue weighted by Crippen LogP contribution is -2.02. The topological polar surface area (TPSA) is 53.6 Å². The van der Waals surface area contributed by atoms with Gasteiger partial charge in [-0.15, -0.1) is 0 Å². The summed E-state index contributed by atoms with van der Waals surface area (Å²) in [6.45, 7) is 0.391. The van der Waals surface area contributed by atoms with Crippen molar-refractivity contribution in [1.29, 1.82) is 0 Å². The summed E-state index contributed by atoms with van der Waals surface area (Å²) in [5.74, 6) is 0.313. The molecule has 0 saturated carbocycles. The maximum absolute atomic E-state index is 13.1. The molecule has 1 aromatic heterocycles. The van der Waals surface area contributed by atoms with Crippen LogP contribution in [0.4, 0.5) is 10.3 Å². The molecule has 2 rings (SSSR count). The lowest BCUT2D eigenvalue weighted by molar-refractivity contribution is 0.612. The van der Waals surface area contributed by atoms with Crippen LogP contribution in [0.1, 0.15) is 5.56 Å². The van der Waals surface area contributed by atoms with E-state index in [1.807, 2.05) is 0 Å². The number of nitrogens with one attached hydrogen (secondary N) is 2. The third-order valence-corrected chi connectivity index (χ3v) is 1.82. The summed E-state index contributed by atoms with van der Waals surface area (Å²) in [5.41, 5.74) is 0.601. The molecule has 0 aliphatic carbocycles. The van der Waals surface area contributed by atoms with E-state index >= 15 is 0 Å². The summed E-state index contributed by atoms with van der Waals surface area (Å²) in [6, 6.07) is 6.60. The average Bonchev–Trinajstić information content (AvgIpc) is 2.69. The van der Waals surface area contributed by atoms with Gasteiger partial charge >= 0.3 is 0 Å². The molecule has 2 aromatic rings. The second kappa shape index (κ2) is 3.87. The molecule has 0 aliphatic heterocycles. The Morgan fingerprint density at radius 3 is 2.93 bits per heavy atom. The second-order valence-electron chi connectivity index (χ2n) is 2.78. The Hall–Kier alpha value is -1.91. The van der Waals surface area contributed by atoms with Crippen LogP contribution in [0, 0.1) is 5.82 Å². The Kier molecular flexibility index (Phi) is 2.40. The highest BCUT2D eigenvalue weighted by atomic mass is 19.1. The Labute approximate surface area is 80.2 Å². The van der Waals surface area contributed by atoms with Crippen molar-refractivity contribution in [3.63, 3.8) is 0 Å². The molecule has 0 unspecified atom stereocenters. The van der Waals surface area contributed by atoms with Gasteiger partial charge in [0.25, 0.3) is 0 Å².